The zero-order valence-electron chi connectivity index (χ0n) is 23.5. The number of aromatic nitrogens is 3. The predicted molar refractivity (Wildman–Crippen MR) is 174 cm³/mol. The first kappa shape index (κ1) is 23.4. The lowest BCUT2D eigenvalue weighted by Gasteiger charge is -2.24. The van der Waals surface area contributed by atoms with Gasteiger partial charge in [0.25, 0.3) is 0 Å². The van der Waals surface area contributed by atoms with E-state index in [1.807, 2.05) is 12.1 Å². The van der Waals surface area contributed by atoms with Crippen LogP contribution in [0.3, 0.4) is 0 Å². The molecule has 0 N–H and O–H groups in total. The van der Waals surface area contributed by atoms with E-state index >= 15 is 0 Å². The van der Waals surface area contributed by atoms with Crippen molar-refractivity contribution >= 4 is 43.6 Å². The van der Waals surface area contributed by atoms with Gasteiger partial charge in [0, 0.05) is 21.8 Å². The molecule has 0 atom stereocenters. The first-order chi connectivity index (χ1) is 20.6. The molecule has 0 radical (unpaired) electrons. The molecule has 3 heteroatoms. The molecule has 9 rings (SSSR count). The summed E-state index contributed by atoms with van der Waals surface area (Å²) < 4.78 is 2.41. The Bertz CT molecular complexity index is 2380. The topological polar surface area (TPSA) is 30.7 Å². The van der Waals surface area contributed by atoms with E-state index in [4.69, 9.17) is 9.97 Å². The second-order valence-electron chi connectivity index (χ2n) is 11.8. The summed E-state index contributed by atoms with van der Waals surface area (Å²) in [7, 11) is 0. The molecule has 2 heterocycles. The van der Waals surface area contributed by atoms with Crippen LogP contribution >= 0.6 is 0 Å². The number of benzene rings is 6. The van der Waals surface area contributed by atoms with E-state index in [9.17, 15) is 0 Å². The molecule has 2 aromatic heterocycles. The highest BCUT2D eigenvalue weighted by Crippen LogP contribution is 2.56. The Morgan fingerprint density at radius 1 is 0.571 bits per heavy atom. The maximum absolute atomic E-state index is 5.40. The van der Waals surface area contributed by atoms with Crippen molar-refractivity contribution in [1.29, 1.82) is 0 Å². The van der Waals surface area contributed by atoms with Gasteiger partial charge < -0.3 is 0 Å². The standard InChI is InChI=1S/C39H27N3/c1-39(2)29-20-10-8-18-27(29)33-25-16-6-7-17-26(25)34-28-19-9-13-23-32(28)42(37(34)35(33)39)38-36(24-14-4-3-5-15-24)40-30-21-11-12-22-31(30)41-38/h3-23H,1-2H3. The smallest absolute Gasteiger partial charge is 0.165 e. The Hall–Kier alpha value is -5.28. The molecule has 8 aromatic rings. The SMILES string of the molecule is CC1(C)c2ccccc2-c2c1c1c(c3ccccc23)c2ccccc2n1-c1nc2ccccc2nc1-c1ccccc1. The van der Waals surface area contributed by atoms with Crippen molar-refractivity contribution in [3.8, 4) is 28.2 Å². The van der Waals surface area contributed by atoms with E-state index in [-0.39, 0.29) is 5.41 Å². The third-order valence-corrected chi connectivity index (χ3v) is 9.13. The molecule has 1 aliphatic carbocycles. The molecule has 1 aliphatic rings. The quantitative estimate of drug-likeness (QED) is 0.220. The lowest BCUT2D eigenvalue weighted by molar-refractivity contribution is 0.664. The van der Waals surface area contributed by atoms with Gasteiger partial charge in [0.05, 0.1) is 22.1 Å². The maximum atomic E-state index is 5.40. The monoisotopic (exact) mass is 537 g/mol. The van der Waals surface area contributed by atoms with Crippen molar-refractivity contribution in [2.24, 2.45) is 0 Å². The second-order valence-corrected chi connectivity index (χ2v) is 11.8. The van der Waals surface area contributed by atoms with Crippen molar-refractivity contribution in [2.75, 3.05) is 0 Å². The minimum atomic E-state index is -0.211. The van der Waals surface area contributed by atoms with Crippen LogP contribution in [0.15, 0.2) is 127 Å². The van der Waals surface area contributed by atoms with Crippen LogP contribution in [0.1, 0.15) is 25.0 Å². The fraction of sp³-hybridized carbons (Fsp3) is 0.0769. The van der Waals surface area contributed by atoms with E-state index < -0.39 is 0 Å². The minimum Gasteiger partial charge on any atom is -0.292 e. The number of fused-ring (bicyclic) bond motifs is 11. The number of hydrogen-bond donors (Lipinski definition) is 0. The Labute approximate surface area is 243 Å². The van der Waals surface area contributed by atoms with Gasteiger partial charge in [-0.05, 0) is 51.2 Å². The van der Waals surface area contributed by atoms with Gasteiger partial charge in [0.15, 0.2) is 5.82 Å². The predicted octanol–water partition coefficient (Wildman–Crippen LogP) is 9.85. The summed E-state index contributed by atoms with van der Waals surface area (Å²) in [4.78, 5) is 10.7. The van der Waals surface area contributed by atoms with Gasteiger partial charge in [0.2, 0.25) is 0 Å². The van der Waals surface area contributed by atoms with Crippen LogP contribution in [0.2, 0.25) is 0 Å². The van der Waals surface area contributed by atoms with Crippen LogP contribution in [0.25, 0.3) is 71.8 Å². The molecule has 42 heavy (non-hydrogen) atoms. The number of rotatable bonds is 2. The minimum absolute atomic E-state index is 0.211. The van der Waals surface area contributed by atoms with Crippen LogP contribution in [0.4, 0.5) is 0 Å². The van der Waals surface area contributed by atoms with E-state index in [0.717, 1.165) is 33.6 Å². The Balaban J connectivity index is 1.57. The number of para-hydroxylation sites is 3. The van der Waals surface area contributed by atoms with Crippen LogP contribution in [0, 0.1) is 0 Å². The van der Waals surface area contributed by atoms with Crippen LogP contribution in [-0.4, -0.2) is 14.5 Å². The van der Waals surface area contributed by atoms with Crippen LogP contribution in [-0.2, 0) is 5.41 Å². The van der Waals surface area contributed by atoms with Crippen molar-refractivity contribution in [1.82, 2.24) is 14.5 Å². The Morgan fingerprint density at radius 2 is 1.19 bits per heavy atom. The summed E-state index contributed by atoms with van der Waals surface area (Å²) in [6.45, 7) is 4.75. The van der Waals surface area contributed by atoms with Gasteiger partial charge in [-0.1, -0.05) is 123 Å². The van der Waals surface area contributed by atoms with Crippen molar-refractivity contribution < 1.29 is 0 Å². The van der Waals surface area contributed by atoms with E-state index in [2.05, 4.69) is 134 Å². The van der Waals surface area contributed by atoms with Crippen molar-refractivity contribution in [3.05, 3.63) is 139 Å². The normalized spacial score (nSPS) is 13.7. The van der Waals surface area contributed by atoms with Crippen molar-refractivity contribution in [3.63, 3.8) is 0 Å². The van der Waals surface area contributed by atoms with Gasteiger partial charge >= 0.3 is 0 Å². The fourth-order valence-corrected chi connectivity index (χ4v) is 7.35. The van der Waals surface area contributed by atoms with E-state index in [0.29, 0.717) is 0 Å². The van der Waals surface area contributed by atoms with Gasteiger partial charge in [-0.15, -0.1) is 0 Å². The highest BCUT2D eigenvalue weighted by Gasteiger charge is 2.40. The molecule has 0 spiro atoms. The zero-order chi connectivity index (χ0) is 28.0. The third kappa shape index (κ3) is 3.00. The molecule has 0 saturated heterocycles. The largest absolute Gasteiger partial charge is 0.292 e. The molecule has 6 aromatic carbocycles. The summed E-state index contributed by atoms with van der Waals surface area (Å²) >= 11 is 0. The van der Waals surface area contributed by atoms with Gasteiger partial charge in [-0.3, -0.25) is 4.57 Å². The molecule has 198 valence electrons. The fourth-order valence-electron chi connectivity index (χ4n) is 7.35. The van der Waals surface area contributed by atoms with Crippen molar-refractivity contribution in [2.45, 2.75) is 19.3 Å². The maximum Gasteiger partial charge on any atom is 0.165 e. The number of hydrogen-bond acceptors (Lipinski definition) is 2. The molecule has 3 nitrogen and oxygen atoms in total. The highest BCUT2D eigenvalue weighted by atomic mass is 15.1. The third-order valence-electron chi connectivity index (χ3n) is 9.13. The molecule has 0 aliphatic heterocycles. The lowest BCUT2D eigenvalue weighted by atomic mass is 9.80. The highest BCUT2D eigenvalue weighted by molar-refractivity contribution is 6.27. The van der Waals surface area contributed by atoms with Gasteiger partial charge in [-0.2, -0.15) is 0 Å². The number of nitrogens with zero attached hydrogens (tertiary/aromatic N) is 3. The van der Waals surface area contributed by atoms with E-state index in [1.165, 1.54) is 49.3 Å². The van der Waals surface area contributed by atoms with Crippen LogP contribution < -0.4 is 0 Å². The summed E-state index contributed by atoms with van der Waals surface area (Å²) in [5, 5.41) is 5.07. The molecule has 0 unspecified atom stereocenters. The molecule has 0 amide bonds. The summed E-state index contributed by atoms with van der Waals surface area (Å²) in [5.74, 6) is 0.857. The first-order valence-electron chi connectivity index (χ1n) is 14.5. The molecule has 0 fully saturated rings. The Morgan fingerprint density at radius 3 is 2.00 bits per heavy atom. The summed E-state index contributed by atoms with van der Waals surface area (Å²) in [6.07, 6.45) is 0. The van der Waals surface area contributed by atoms with Gasteiger partial charge in [-0.25, -0.2) is 9.97 Å². The second kappa shape index (κ2) is 8.37. The molecule has 0 saturated carbocycles. The Kier molecular flexibility index (Phi) is 4.67. The molecular formula is C39H27N3. The zero-order valence-corrected chi connectivity index (χ0v) is 23.5. The average Bonchev–Trinajstić information content (AvgIpc) is 3.50. The first-order valence-corrected chi connectivity index (χ1v) is 14.5. The molecular weight excluding hydrogens is 510 g/mol. The van der Waals surface area contributed by atoms with Gasteiger partial charge in [0.1, 0.15) is 5.69 Å². The van der Waals surface area contributed by atoms with E-state index in [1.54, 1.807) is 0 Å². The average molecular weight is 538 g/mol. The van der Waals surface area contributed by atoms with Crippen LogP contribution in [0.5, 0.6) is 0 Å². The molecule has 0 bridgehead atoms. The lowest BCUT2D eigenvalue weighted by Crippen LogP contribution is -2.17. The summed E-state index contributed by atoms with van der Waals surface area (Å²) in [5.41, 5.74) is 11.2. The summed E-state index contributed by atoms with van der Waals surface area (Å²) in [6, 6.07) is 45.3.